The van der Waals surface area contributed by atoms with Crippen LogP contribution < -0.4 is 0 Å². The van der Waals surface area contributed by atoms with Crippen LogP contribution in [-0.2, 0) is 14.2 Å². The van der Waals surface area contributed by atoms with Crippen molar-refractivity contribution in [2.75, 3.05) is 20.3 Å². The van der Waals surface area contributed by atoms with E-state index in [1.807, 2.05) is 13.8 Å². The van der Waals surface area contributed by atoms with Crippen LogP contribution in [0.2, 0.25) is 0 Å². The van der Waals surface area contributed by atoms with Gasteiger partial charge in [0.05, 0.1) is 13.2 Å². The Bertz CT molecular complexity index is 88.2. The maximum atomic E-state index is 5.17. The summed E-state index contributed by atoms with van der Waals surface area (Å²) in [4.78, 5) is 0. The quantitative estimate of drug-likeness (QED) is 0.642. The lowest BCUT2D eigenvalue weighted by molar-refractivity contribution is -0.380. The fraction of sp³-hybridized carbons (Fsp3) is 1.00. The maximum Gasteiger partial charge on any atom is 0.279 e. The molecular weight excluding hydrogens is 168 g/mol. The van der Waals surface area contributed by atoms with Gasteiger partial charge in [0.15, 0.2) is 0 Å². The van der Waals surface area contributed by atoms with Crippen molar-refractivity contribution >= 4 is 0 Å². The van der Waals surface area contributed by atoms with Crippen molar-refractivity contribution in [2.24, 2.45) is 0 Å². The predicted molar refractivity (Wildman–Crippen MR) is 56.7 cm³/mol. The molecule has 84 valence electrons. The molecule has 0 bridgehead atoms. The van der Waals surface area contributed by atoms with Crippen molar-refractivity contribution in [1.82, 2.24) is 0 Å². The average Bonchev–Trinajstić information content (AvgIpc) is 2.10. The van der Waals surface area contributed by atoms with Crippen LogP contribution in [0.1, 0.15) is 42.0 Å². The molecule has 13 heavy (non-hydrogen) atoms. The molecule has 0 saturated carbocycles. The van der Waals surface area contributed by atoms with Gasteiger partial charge in [-0.15, -0.1) is 0 Å². The molecule has 0 spiro atoms. The molecule has 0 aromatic heterocycles. The first-order chi connectivity index (χ1) is 5.27. The fourth-order valence-electron chi connectivity index (χ4n) is 0.734. The summed E-state index contributed by atoms with van der Waals surface area (Å²) in [6.07, 6.45) is 0.957. The Morgan fingerprint density at radius 2 is 1.46 bits per heavy atom. The molecule has 1 aliphatic rings. The standard InChI is InChI=1S/C6H12O3.C2H6.2CH4/c1-6(7-2)8-4-3-5-9-6;1-2;;/h3-5H2,1-2H3;1-2H3;2*1H4. The van der Waals surface area contributed by atoms with Gasteiger partial charge in [0.25, 0.3) is 5.97 Å². The normalized spacial score (nSPS) is 18.5. The van der Waals surface area contributed by atoms with Gasteiger partial charge in [0.1, 0.15) is 0 Å². The second-order valence-corrected chi connectivity index (χ2v) is 2.12. The molecule has 1 rings (SSSR count). The monoisotopic (exact) mass is 194 g/mol. The number of hydrogen-bond acceptors (Lipinski definition) is 3. The Morgan fingerprint density at radius 1 is 1.08 bits per heavy atom. The number of methoxy groups -OCH3 is 1. The SMILES string of the molecule is C.C.CC.COC1(C)OCCCO1. The third-order valence-corrected chi connectivity index (χ3v) is 1.39. The van der Waals surface area contributed by atoms with Gasteiger partial charge in [-0.3, -0.25) is 0 Å². The summed E-state index contributed by atoms with van der Waals surface area (Å²) in [5.41, 5.74) is 0. The van der Waals surface area contributed by atoms with Gasteiger partial charge in [-0.2, -0.15) is 0 Å². The molecule has 0 aromatic rings. The fourth-order valence-corrected chi connectivity index (χ4v) is 0.734. The Labute approximate surface area is 83.4 Å². The average molecular weight is 194 g/mol. The zero-order chi connectivity index (χ0) is 8.74. The van der Waals surface area contributed by atoms with Crippen LogP contribution >= 0.6 is 0 Å². The first-order valence-corrected chi connectivity index (χ1v) is 4.10. The molecule has 1 aliphatic heterocycles. The lowest BCUT2D eigenvalue weighted by Crippen LogP contribution is -2.39. The first kappa shape index (κ1) is 18.6. The highest BCUT2D eigenvalue weighted by Gasteiger charge is 2.27. The van der Waals surface area contributed by atoms with E-state index in [0.29, 0.717) is 0 Å². The van der Waals surface area contributed by atoms with E-state index in [-0.39, 0.29) is 14.9 Å². The van der Waals surface area contributed by atoms with Crippen LogP contribution in [0.5, 0.6) is 0 Å². The van der Waals surface area contributed by atoms with E-state index in [2.05, 4.69) is 0 Å². The van der Waals surface area contributed by atoms with E-state index in [9.17, 15) is 0 Å². The second-order valence-electron chi connectivity index (χ2n) is 2.12. The summed E-state index contributed by atoms with van der Waals surface area (Å²) in [6.45, 7) is 7.22. The van der Waals surface area contributed by atoms with Crippen molar-refractivity contribution in [2.45, 2.75) is 48.0 Å². The molecule has 1 saturated heterocycles. The lowest BCUT2D eigenvalue weighted by Gasteiger charge is -2.31. The Morgan fingerprint density at radius 3 is 1.69 bits per heavy atom. The van der Waals surface area contributed by atoms with Crippen LogP contribution in [0.15, 0.2) is 0 Å². The van der Waals surface area contributed by atoms with Crippen molar-refractivity contribution in [1.29, 1.82) is 0 Å². The van der Waals surface area contributed by atoms with Crippen molar-refractivity contribution < 1.29 is 14.2 Å². The molecule has 0 N–H and O–H groups in total. The zero-order valence-electron chi connectivity index (χ0n) is 7.85. The molecule has 3 heteroatoms. The number of ether oxygens (including phenoxy) is 3. The number of rotatable bonds is 1. The molecule has 3 nitrogen and oxygen atoms in total. The highest BCUT2D eigenvalue weighted by Crippen LogP contribution is 2.17. The Kier molecular flexibility index (Phi) is 14.3. The smallest absolute Gasteiger partial charge is 0.279 e. The summed E-state index contributed by atoms with van der Waals surface area (Å²) >= 11 is 0. The van der Waals surface area contributed by atoms with E-state index in [4.69, 9.17) is 14.2 Å². The van der Waals surface area contributed by atoms with Gasteiger partial charge in [-0.25, -0.2) is 0 Å². The van der Waals surface area contributed by atoms with Crippen molar-refractivity contribution in [3.05, 3.63) is 0 Å². The molecule has 0 aromatic carbocycles. The summed E-state index contributed by atoms with van der Waals surface area (Å²) in [6, 6.07) is 0. The molecule has 0 amide bonds. The van der Waals surface area contributed by atoms with Crippen LogP contribution in [-0.4, -0.2) is 26.3 Å². The largest absolute Gasteiger partial charge is 0.331 e. The summed E-state index contributed by atoms with van der Waals surface area (Å²) < 4.78 is 15.3. The minimum atomic E-state index is -0.780. The minimum absolute atomic E-state index is 0. The van der Waals surface area contributed by atoms with E-state index in [1.165, 1.54) is 0 Å². The van der Waals surface area contributed by atoms with Crippen LogP contribution in [0.3, 0.4) is 0 Å². The lowest BCUT2D eigenvalue weighted by atomic mass is 10.4. The minimum Gasteiger partial charge on any atom is -0.331 e. The molecule has 0 unspecified atom stereocenters. The molecule has 0 aliphatic carbocycles. The highest BCUT2D eigenvalue weighted by atomic mass is 16.9. The highest BCUT2D eigenvalue weighted by molar-refractivity contribution is 4.52. The summed E-state index contributed by atoms with van der Waals surface area (Å²) in [5, 5.41) is 0. The first-order valence-electron chi connectivity index (χ1n) is 4.10. The van der Waals surface area contributed by atoms with E-state index < -0.39 is 5.97 Å². The molecular formula is C10H26O3. The Hall–Kier alpha value is -0.120. The topological polar surface area (TPSA) is 27.7 Å². The van der Waals surface area contributed by atoms with Gasteiger partial charge in [-0.05, 0) is 6.42 Å². The molecule has 1 fully saturated rings. The Balaban J connectivity index is -0.000000234. The third kappa shape index (κ3) is 6.99. The molecule has 0 atom stereocenters. The van der Waals surface area contributed by atoms with Gasteiger partial charge in [0, 0.05) is 14.0 Å². The van der Waals surface area contributed by atoms with E-state index in [0.717, 1.165) is 19.6 Å². The van der Waals surface area contributed by atoms with Crippen LogP contribution in [0.25, 0.3) is 0 Å². The summed E-state index contributed by atoms with van der Waals surface area (Å²) in [5.74, 6) is -0.780. The van der Waals surface area contributed by atoms with Gasteiger partial charge in [0.2, 0.25) is 0 Å². The van der Waals surface area contributed by atoms with E-state index in [1.54, 1.807) is 14.0 Å². The summed E-state index contributed by atoms with van der Waals surface area (Å²) in [7, 11) is 1.57. The van der Waals surface area contributed by atoms with Gasteiger partial charge in [-0.1, -0.05) is 28.7 Å². The molecule has 0 radical (unpaired) electrons. The van der Waals surface area contributed by atoms with Gasteiger partial charge < -0.3 is 14.2 Å². The second kappa shape index (κ2) is 9.96. The van der Waals surface area contributed by atoms with Crippen LogP contribution in [0.4, 0.5) is 0 Å². The maximum absolute atomic E-state index is 5.17. The van der Waals surface area contributed by atoms with Crippen LogP contribution in [0, 0.1) is 0 Å². The predicted octanol–water partition coefficient (Wildman–Crippen LogP) is 3.04. The zero-order valence-corrected chi connectivity index (χ0v) is 7.85. The van der Waals surface area contributed by atoms with Crippen molar-refractivity contribution in [3.63, 3.8) is 0 Å². The third-order valence-electron chi connectivity index (χ3n) is 1.39. The molecule has 1 heterocycles. The van der Waals surface area contributed by atoms with E-state index >= 15 is 0 Å². The number of hydrogen-bond donors (Lipinski definition) is 0. The van der Waals surface area contributed by atoms with Gasteiger partial charge >= 0.3 is 0 Å². The van der Waals surface area contributed by atoms with Crippen molar-refractivity contribution in [3.8, 4) is 0 Å².